The van der Waals surface area contributed by atoms with Crippen LogP contribution in [0, 0.1) is 0 Å². The number of guanidine groups is 1. The molecular weight excluding hydrogens is 328 g/mol. The van der Waals surface area contributed by atoms with Gasteiger partial charge in [-0.1, -0.05) is 37.3 Å². The van der Waals surface area contributed by atoms with E-state index >= 15 is 0 Å². The number of thiazole rings is 1. The van der Waals surface area contributed by atoms with E-state index in [0.717, 1.165) is 45.0 Å². The molecule has 0 spiro atoms. The zero-order valence-corrected chi connectivity index (χ0v) is 16.1. The van der Waals surface area contributed by atoms with Gasteiger partial charge in [0.25, 0.3) is 0 Å². The van der Waals surface area contributed by atoms with Crippen molar-refractivity contribution in [1.29, 1.82) is 0 Å². The van der Waals surface area contributed by atoms with Gasteiger partial charge in [-0.3, -0.25) is 4.99 Å². The molecule has 0 saturated carbocycles. The number of aliphatic imine (C=N–C) groups is 1. The Kier molecular flexibility index (Phi) is 6.45. The molecule has 2 aromatic rings. The maximum absolute atomic E-state index is 4.85. The summed E-state index contributed by atoms with van der Waals surface area (Å²) in [5, 5.41) is 6.85. The third-order valence-electron chi connectivity index (χ3n) is 4.62. The van der Waals surface area contributed by atoms with Crippen LogP contribution in [0.5, 0.6) is 0 Å². The molecule has 1 unspecified atom stereocenters. The van der Waals surface area contributed by atoms with Crippen LogP contribution in [0.15, 0.2) is 40.7 Å². The van der Waals surface area contributed by atoms with Gasteiger partial charge in [0.2, 0.25) is 0 Å². The minimum Gasteiger partial charge on any atom is -0.357 e. The Hall–Kier alpha value is -1.88. The Labute approximate surface area is 155 Å². The highest BCUT2D eigenvalue weighted by molar-refractivity contribution is 7.09. The molecule has 1 aliphatic heterocycles. The average Bonchev–Trinajstić information content (AvgIpc) is 3.31. The van der Waals surface area contributed by atoms with Crippen LogP contribution in [0.3, 0.4) is 0 Å². The second-order valence-electron chi connectivity index (χ2n) is 6.41. The Bertz CT molecular complexity index is 680. The fraction of sp³-hybridized carbons (Fsp3) is 0.500. The quantitative estimate of drug-likeness (QED) is 0.634. The summed E-state index contributed by atoms with van der Waals surface area (Å²) in [4.78, 5) is 11.9. The lowest BCUT2D eigenvalue weighted by Gasteiger charge is -2.21. The predicted octanol–water partition coefficient (Wildman–Crippen LogP) is 3.70. The minimum absolute atomic E-state index is 0.607. The van der Waals surface area contributed by atoms with Crippen molar-refractivity contribution in [3.8, 4) is 0 Å². The first-order valence-electron chi connectivity index (χ1n) is 9.31. The number of likely N-dealkylation sites (tertiary alicyclic amines) is 1. The molecule has 1 fully saturated rings. The van der Waals surface area contributed by atoms with Gasteiger partial charge in [0.15, 0.2) is 5.96 Å². The van der Waals surface area contributed by atoms with Gasteiger partial charge >= 0.3 is 0 Å². The van der Waals surface area contributed by atoms with Gasteiger partial charge in [-0.2, -0.15) is 0 Å². The zero-order chi connectivity index (χ0) is 17.5. The van der Waals surface area contributed by atoms with Crippen LogP contribution in [-0.2, 0) is 12.8 Å². The molecule has 5 heteroatoms. The third-order valence-corrected chi connectivity index (χ3v) is 5.67. The molecule has 1 aliphatic rings. The molecule has 3 rings (SSSR count). The number of aryl methyl sites for hydroxylation is 1. The van der Waals surface area contributed by atoms with E-state index in [1.165, 1.54) is 22.7 Å². The molecule has 0 aliphatic carbocycles. The van der Waals surface area contributed by atoms with Gasteiger partial charge in [-0.05, 0) is 25.3 Å². The van der Waals surface area contributed by atoms with Crippen LogP contribution >= 0.6 is 11.3 Å². The number of rotatable bonds is 6. The number of benzene rings is 1. The summed E-state index contributed by atoms with van der Waals surface area (Å²) in [5.74, 6) is 1.66. The van der Waals surface area contributed by atoms with Gasteiger partial charge in [0, 0.05) is 43.9 Å². The Morgan fingerprint density at radius 2 is 2.16 bits per heavy atom. The molecule has 0 radical (unpaired) electrons. The molecule has 1 aromatic carbocycles. The third kappa shape index (κ3) is 4.82. The van der Waals surface area contributed by atoms with Crippen molar-refractivity contribution in [3.05, 3.63) is 52.0 Å². The van der Waals surface area contributed by atoms with Gasteiger partial charge in [-0.25, -0.2) is 4.98 Å². The first kappa shape index (κ1) is 17.9. The fourth-order valence-corrected chi connectivity index (χ4v) is 4.06. The summed E-state index contributed by atoms with van der Waals surface area (Å²) >= 11 is 1.76. The van der Waals surface area contributed by atoms with Crippen LogP contribution in [0.25, 0.3) is 0 Å². The van der Waals surface area contributed by atoms with E-state index in [1.807, 2.05) is 0 Å². The van der Waals surface area contributed by atoms with E-state index in [2.05, 4.69) is 64.8 Å². The van der Waals surface area contributed by atoms with Crippen molar-refractivity contribution in [2.75, 3.05) is 26.2 Å². The number of aromatic nitrogens is 1. The van der Waals surface area contributed by atoms with Crippen LogP contribution in [-0.4, -0.2) is 42.0 Å². The van der Waals surface area contributed by atoms with Crippen molar-refractivity contribution in [2.24, 2.45) is 4.99 Å². The summed E-state index contributed by atoms with van der Waals surface area (Å²) in [5.41, 5.74) is 2.61. The topological polar surface area (TPSA) is 40.5 Å². The normalized spacial score (nSPS) is 17.9. The van der Waals surface area contributed by atoms with Crippen LogP contribution in [0.2, 0.25) is 0 Å². The van der Waals surface area contributed by atoms with E-state index in [9.17, 15) is 0 Å². The van der Waals surface area contributed by atoms with Gasteiger partial charge in [0.05, 0.1) is 10.7 Å². The first-order chi connectivity index (χ1) is 12.3. The average molecular weight is 357 g/mol. The van der Waals surface area contributed by atoms with Crippen molar-refractivity contribution < 1.29 is 0 Å². The highest BCUT2D eigenvalue weighted by Crippen LogP contribution is 2.26. The SMILES string of the molecule is CCNC(=NCCc1csc(CC)n1)N1CCC(c2ccccc2)C1. The molecule has 4 nitrogen and oxygen atoms in total. The van der Waals surface area contributed by atoms with Crippen molar-refractivity contribution in [3.63, 3.8) is 0 Å². The van der Waals surface area contributed by atoms with Crippen LogP contribution < -0.4 is 5.32 Å². The predicted molar refractivity (Wildman–Crippen MR) is 107 cm³/mol. The molecule has 1 saturated heterocycles. The highest BCUT2D eigenvalue weighted by Gasteiger charge is 2.25. The maximum Gasteiger partial charge on any atom is 0.193 e. The second kappa shape index (κ2) is 8.99. The van der Waals surface area contributed by atoms with E-state index < -0.39 is 0 Å². The first-order valence-corrected chi connectivity index (χ1v) is 10.2. The van der Waals surface area contributed by atoms with Crippen molar-refractivity contribution in [2.45, 2.75) is 39.0 Å². The smallest absolute Gasteiger partial charge is 0.193 e. The number of nitrogens with one attached hydrogen (secondary N) is 1. The molecule has 1 N–H and O–H groups in total. The fourth-order valence-electron chi connectivity index (χ4n) is 3.28. The van der Waals surface area contributed by atoms with Crippen LogP contribution in [0.4, 0.5) is 0 Å². The van der Waals surface area contributed by atoms with E-state index in [4.69, 9.17) is 4.99 Å². The molecule has 134 valence electrons. The Morgan fingerprint density at radius 3 is 2.88 bits per heavy atom. The summed E-state index contributed by atoms with van der Waals surface area (Å²) in [7, 11) is 0. The molecule has 1 atom stereocenters. The van der Waals surface area contributed by atoms with E-state index in [0.29, 0.717) is 5.92 Å². The van der Waals surface area contributed by atoms with Crippen molar-refractivity contribution in [1.82, 2.24) is 15.2 Å². The Balaban J connectivity index is 1.58. The Morgan fingerprint density at radius 1 is 1.32 bits per heavy atom. The number of nitrogens with zero attached hydrogens (tertiary/aromatic N) is 3. The second-order valence-corrected chi connectivity index (χ2v) is 7.36. The standard InChI is InChI=1S/C20H28N4S/c1-3-19-23-18(15-25-19)10-12-22-20(21-4-2)24-13-11-17(14-24)16-8-6-5-7-9-16/h5-9,15,17H,3-4,10-14H2,1-2H3,(H,21,22). The molecule has 1 aromatic heterocycles. The maximum atomic E-state index is 4.85. The summed E-state index contributed by atoms with van der Waals surface area (Å²) in [6.45, 7) is 8.10. The summed E-state index contributed by atoms with van der Waals surface area (Å²) in [6.07, 6.45) is 3.13. The van der Waals surface area contributed by atoms with Gasteiger partial charge < -0.3 is 10.2 Å². The minimum atomic E-state index is 0.607. The lowest BCUT2D eigenvalue weighted by atomic mass is 9.99. The highest BCUT2D eigenvalue weighted by atomic mass is 32.1. The molecule has 0 amide bonds. The van der Waals surface area contributed by atoms with Gasteiger partial charge in [0.1, 0.15) is 0 Å². The van der Waals surface area contributed by atoms with E-state index in [-0.39, 0.29) is 0 Å². The molecule has 25 heavy (non-hydrogen) atoms. The number of hydrogen-bond donors (Lipinski definition) is 1. The number of hydrogen-bond acceptors (Lipinski definition) is 3. The van der Waals surface area contributed by atoms with Gasteiger partial charge in [-0.15, -0.1) is 11.3 Å². The van der Waals surface area contributed by atoms with E-state index in [1.54, 1.807) is 11.3 Å². The summed E-state index contributed by atoms with van der Waals surface area (Å²) in [6, 6.07) is 10.8. The monoisotopic (exact) mass is 356 g/mol. The molecular formula is C20H28N4S. The largest absolute Gasteiger partial charge is 0.357 e. The van der Waals surface area contributed by atoms with Crippen LogP contribution in [0.1, 0.15) is 42.5 Å². The molecule has 2 heterocycles. The lowest BCUT2D eigenvalue weighted by Crippen LogP contribution is -2.40. The summed E-state index contributed by atoms with van der Waals surface area (Å²) < 4.78 is 0. The zero-order valence-electron chi connectivity index (χ0n) is 15.2. The molecule has 0 bridgehead atoms. The lowest BCUT2D eigenvalue weighted by molar-refractivity contribution is 0.486. The van der Waals surface area contributed by atoms with Crippen molar-refractivity contribution >= 4 is 17.3 Å².